The van der Waals surface area contributed by atoms with Gasteiger partial charge in [0, 0.05) is 13.7 Å². The van der Waals surface area contributed by atoms with Crippen LogP contribution in [0.5, 0.6) is 5.75 Å². The molecule has 0 aromatic heterocycles. The number of hydrogen-bond acceptors (Lipinski definition) is 5. The van der Waals surface area contributed by atoms with Crippen LogP contribution in [0.15, 0.2) is 24.3 Å². The Morgan fingerprint density at radius 1 is 1.27 bits per heavy atom. The van der Waals surface area contributed by atoms with E-state index < -0.39 is 24.6 Å². The van der Waals surface area contributed by atoms with E-state index in [2.05, 4.69) is 10.1 Å². The number of alkyl halides is 2. The number of hydrogen-bond donors (Lipinski definition) is 1. The van der Waals surface area contributed by atoms with Gasteiger partial charge in [-0.3, -0.25) is 4.79 Å². The van der Waals surface area contributed by atoms with Gasteiger partial charge in [0.15, 0.2) is 6.10 Å². The number of nitrogens with one attached hydrogen (secondary N) is 1. The SMILES string of the molecule is COCCNC(=O)[C@@H](C)OC(=O)c1ccccc1OC(F)F. The van der Waals surface area contributed by atoms with Crippen molar-refractivity contribution in [2.45, 2.75) is 19.6 Å². The summed E-state index contributed by atoms with van der Waals surface area (Å²) in [5.41, 5.74) is -0.181. The summed E-state index contributed by atoms with van der Waals surface area (Å²) in [7, 11) is 1.48. The molecule has 1 amide bonds. The highest BCUT2D eigenvalue weighted by Gasteiger charge is 2.22. The Kier molecular flexibility index (Phi) is 7.24. The number of para-hydroxylation sites is 1. The first-order valence-corrected chi connectivity index (χ1v) is 6.47. The van der Waals surface area contributed by atoms with Crippen LogP contribution in [0.25, 0.3) is 0 Å². The van der Waals surface area contributed by atoms with Crippen LogP contribution in [0.2, 0.25) is 0 Å². The zero-order valence-electron chi connectivity index (χ0n) is 12.2. The normalized spacial score (nSPS) is 11.9. The largest absolute Gasteiger partial charge is 0.449 e. The molecule has 0 saturated heterocycles. The number of benzene rings is 1. The third-order valence-corrected chi connectivity index (χ3v) is 2.58. The van der Waals surface area contributed by atoms with Gasteiger partial charge in [0.25, 0.3) is 5.91 Å². The summed E-state index contributed by atoms with van der Waals surface area (Å²) in [6.07, 6.45) is -1.08. The minimum Gasteiger partial charge on any atom is -0.449 e. The first-order chi connectivity index (χ1) is 10.5. The minimum atomic E-state index is -3.07. The van der Waals surface area contributed by atoms with Crippen molar-refractivity contribution < 1.29 is 32.6 Å². The third-order valence-electron chi connectivity index (χ3n) is 2.58. The molecule has 0 spiro atoms. The van der Waals surface area contributed by atoms with Crippen molar-refractivity contribution in [1.82, 2.24) is 5.32 Å². The van der Waals surface area contributed by atoms with Gasteiger partial charge >= 0.3 is 12.6 Å². The van der Waals surface area contributed by atoms with Crippen LogP contribution in [0.4, 0.5) is 8.78 Å². The molecule has 0 saturated carbocycles. The molecule has 8 heteroatoms. The van der Waals surface area contributed by atoms with Crippen molar-refractivity contribution in [3.8, 4) is 5.75 Å². The van der Waals surface area contributed by atoms with E-state index in [1.807, 2.05) is 0 Å². The van der Waals surface area contributed by atoms with Crippen LogP contribution in [-0.4, -0.2) is 44.9 Å². The van der Waals surface area contributed by atoms with E-state index in [0.717, 1.165) is 0 Å². The molecule has 0 unspecified atom stereocenters. The lowest BCUT2D eigenvalue weighted by atomic mass is 10.2. The zero-order valence-corrected chi connectivity index (χ0v) is 12.2. The molecule has 1 atom stereocenters. The quantitative estimate of drug-likeness (QED) is 0.582. The van der Waals surface area contributed by atoms with Gasteiger partial charge in [-0.15, -0.1) is 0 Å². The Balaban J connectivity index is 2.66. The second kappa shape index (κ2) is 8.93. The number of methoxy groups -OCH3 is 1. The number of halogens is 2. The average molecular weight is 317 g/mol. The molecule has 1 N–H and O–H groups in total. The summed E-state index contributed by atoms with van der Waals surface area (Å²) >= 11 is 0. The Hall–Kier alpha value is -2.22. The standard InChI is InChI=1S/C14H17F2NO5/c1-9(12(18)17-7-8-20-2)21-13(19)10-5-3-4-6-11(10)22-14(15)16/h3-6,9,14H,7-8H2,1-2H3,(H,17,18)/t9-/m1/s1. The Morgan fingerprint density at radius 3 is 2.59 bits per heavy atom. The highest BCUT2D eigenvalue weighted by Crippen LogP contribution is 2.21. The maximum atomic E-state index is 12.3. The zero-order chi connectivity index (χ0) is 16.5. The summed E-state index contributed by atoms with van der Waals surface area (Å²) in [6, 6.07) is 5.40. The highest BCUT2D eigenvalue weighted by molar-refractivity contribution is 5.94. The number of amides is 1. The van der Waals surface area contributed by atoms with E-state index in [1.165, 1.54) is 38.3 Å². The van der Waals surface area contributed by atoms with Gasteiger partial charge < -0.3 is 19.5 Å². The van der Waals surface area contributed by atoms with Crippen molar-refractivity contribution in [2.75, 3.05) is 20.3 Å². The molecular formula is C14H17F2NO5. The molecule has 0 aliphatic carbocycles. The Morgan fingerprint density at radius 2 is 1.95 bits per heavy atom. The van der Waals surface area contributed by atoms with Gasteiger partial charge in [0.1, 0.15) is 11.3 Å². The van der Waals surface area contributed by atoms with Crippen molar-refractivity contribution in [3.63, 3.8) is 0 Å². The number of rotatable bonds is 8. The molecule has 1 rings (SSSR count). The van der Waals surface area contributed by atoms with Gasteiger partial charge in [-0.2, -0.15) is 8.78 Å². The monoisotopic (exact) mass is 317 g/mol. The molecule has 0 aliphatic heterocycles. The van der Waals surface area contributed by atoms with Gasteiger partial charge in [-0.25, -0.2) is 4.79 Å². The lowest BCUT2D eigenvalue weighted by Crippen LogP contribution is -2.37. The maximum absolute atomic E-state index is 12.3. The molecule has 0 fully saturated rings. The molecule has 6 nitrogen and oxygen atoms in total. The fourth-order valence-electron chi connectivity index (χ4n) is 1.53. The maximum Gasteiger partial charge on any atom is 0.387 e. The van der Waals surface area contributed by atoms with Crippen LogP contribution < -0.4 is 10.1 Å². The van der Waals surface area contributed by atoms with Crippen LogP contribution in [-0.2, 0) is 14.3 Å². The number of esters is 1. The van der Waals surface area contributed by atoms with Crippen LogP contribution in [0, 0.1) is 0 Å². The van der Waals surface area contributed by atoms with E-state index in [0.29, 0.717) is 6.61 Å². The van der Waals surface area contributed by atoms with E-state index in [-0.39, 0.29) is 17.9 Å². The second-order valence-corrected chi connectivity index (χ2v) is 4.21. The van der Waals surface area contributed by atoms with Crippen molar-refractivity contribution in [3.05, 3.63) is 29.8 Å². The number of carbonyl (C=O) groups excluding carboxylic acids is 2. The van der Waals surface area contributed by atoms with Crippen LogP contribution in [0.3, 0.4) is 0 Å². The minimum absolute atomic E-state index is 0.181. The topological polar surface area (TPSA) is 73.9 Å². The Labute approximate surface area is 126 Å². The fourth-order valence-corrected chi connectivity index (χ4v) is 1.53. The van der Waals surface area contributed by atoms with Gasteiger partial charge in [0.05, 0.1) is 6.61 Å². The summed E-state index contributed by atoms with van der Waals surface area (Å²) in [5.74, 6) is -1.75. The van der Waals surface area contributed by atoms with E-state index >= 15 is 0 Å². The van der Waals surface area contributed by atoms with Gasteiger partial charge in [-0.05, 0) is 19.1 Å². The fraction of sp³-hybridized carbons (Fsp3) is 0.429. The lowest BCUT2D eigenvalue weighted by Gasteiger charge is -2.15. The summed E-state index contributed by atoms with van der Waals surface area (Å²) in [5, 5.41) is 2.49. The smallest absolute Gasteiger partial charge is 0.387 e. The van der Waals surface area contributed by atoms with Crippen molar-refractivity contribution in [2.24, 2.45) is 0 Å². The van der Waals surface area contributed by atoms with Gasteiger partial charge in [0.2, 0.25) is 0 Å². The van der Waals surface area contributed by atoms with E-state index in [9.17, 15) is 18.4 Å². The summed E-state index contributed by atoms with van der Waals surface area (Å²) in [6.45, 7) is -1.11. The van der Waals surface area contributed by atoms with Crippen molar-refractivity contribution >= 4 is 11.9 Å². The number of carbonyl (C=O) groups is 2. The first kappa shape index (κ1) is 17.8. The second-order valence-electron chi connectivity index (χ2n) is 4.21. The lowest BCUT2D eigenvalue weighted by molar-refractivity contribution is -0.129. The molecule has 1 aromatic carbocycles. The molecule has 22 heavy (non-hydrogen) atoms. The summed E-state index contributed by atoms with van der Waals surface area (Å²) < 4.78 is 38.5. The predicted molar refractivity (Wildman–Crippen MR) is 72.8 cm³/mol. The van der Waals surface area contributed by atoms with Gasteiger partial charge in [-0.1, -0.05) is 12.1 Å². The van der Waals surface area contributed by atoms with Crippen LogP contribution in [0.1, 0.15) is 17.3 Å². The first-order valence-electron chi connectivity index (χ1n) is 6.47. The van der Waals surface area contributed by atoms with Crippen molar-refractivity contribution in [1.29, 1.82) is 0 Å². The predicted octanol–water partition coefficient (Wildman–Crippen LogP) is 1.60. The van der Waals surface area contributed by atoms with E-state index in [1.54, 1.807) is 0 Å². The Bertz CT molecular complexity index is 510. The molecule has 1 aromatic rings. The third kappa shape index (κ3) is 5.65. The molecular weight excluding hydrogens is 300 g/mol. The molecule has 0 radical (unpaired) electrons. The number of ether oxygens (including phenoxy) is 3. The molecule has 0 aliphatic rings. The average Bonchev–Trinajstić information content (AvgIpc) is 2.47. The molecule has 0 bridgehead atoms. The summed E-state index contributed by atoms with van der Waals surface area (Å²) in [4.78, 5) is 23.6. The molecule has 122 valence electrons. The highest BCUT2D eigenvalue weighted by atomic mass is 19.3. The van der Waals surface area contributed by atoms with E-state index in [4.69, 9.17) is 9.47 Å². The molecule has 0 heterocycles. The van der Waals surface area contributed by atoms with Crippen LogP contribution >= 0.6 is 0 Å².